The number of carbonyl (C=O) groups excluding carboxylic acids is 1. The van der Waals surface area contributed by atoms with Crippen LogP contribution < -0.4 is 0 Å². The molecule has 2 aliphatic rings. The molecule has 96 valence electrons. The number of hydrogen-bond acceptors (Lipinski definition) is 3. The molecule has 0 spiro atoms. The summed E-state index contributed by atoms with van der Waals surface area (Å²) in [5.41, 5.74) is 0. The number of nitrogens with zero attached hydrogens (tertiary/aromatic N) is 2. The van der Waals surface area contributed by atoms with Gasteiger partial charge in [-0.3, -0.25) is 4.79 Å². The van der Waals surface area contributed by atoms with Gasteiger partial charge in [-0.2, -0.15) is 0 Å². The quantitative estimate of drug-likeness (QED) is 0.721. The SMILES string of the molecule is O=C(O)N1CCOCC(N2CCCCC2=O)C1. The fraction of sp³-hybridized carbons (Fsp3) is 0.818. The molecule has 0 aromatic heterocycles. The van der Waals surface area contributed by atoms with E-state index in [1.807, 2.05) is 0 Å². The normalized spacial score (nSPS) is 26.8. The summed E-state index contributed by atoms with van der Waals surface area (Å²) in [5, 5.41) is 9.01. The van der Waals surface area contributed by atoms with Crippen LogP contribution in [0.2, 0.25) is 0 Å². The van der Waals surface area contributed by atoms with Gasteiger partial charge < -0.3 is 19.6 Å². The minimum atomic E-state index is -0.940. The Balaban J connectivity index is 2.02. The Morgan fingerprint density at radius 2 is 2.18 bits per heavy atom. The topological polar surface area (TPSA) is 70.1 Å². The van der Waals surface area contributed by atoms with E-state index in [4.69, 9.17) is 9.84 Å². The first-order valence-corrected chi connectivity index (χ1v) is 6.03. The lowest BCUT2D eigenvalue weighted by Crippen LogP contribution is -2.50. The summed E-state index contributed by atoms with van der Waals surface area (Å²) in [6.45, 7) is 2.32. The smallest absolute Gasteiger partial charge is 0.407 e. The molecule has 2 aliphatic heterocycles. The monoisotopic (exact) mass is 242 g/mol. The number of hydrogen-bond donors (Lipinski definition) is 1. The molecule has 2 fully saturated rings. The van der Waals surface area contributed by atoms with Crippen molar-refractivity contribution in [1.82, 2.24) is 9.80 Å². The maximum atomic E-state index is 11.8. The van der Waals surface area contributed by atoms with Gasteiger partial charge in [-0.25, -0.2) is 4.79 Å². The van der Waals surface area contributed by atoms with Crippen LogP contribution in [0, 0.1) is 0 Å². The van der Waals surface area contributed by atoms with Crippen LogP contribution in [0.3, 0.4) is 0 Å². The molecule has 17 heavy (non-hydrogen) atoms. The Bertz CT molecular complexity index is 308. The van der Waals surface area contributed by atoms with Crippen LogP contribution in [0.1, 0.15) is 19.3 Å². The van der Waals surface area contributed by atoms with E-state index in [1.54, 1.807) is 4.90 Å². The molecule has 2 heterocycles. The van der Waals surface area contributed by atoms with Crippen molar-refractivity contribution in [3.8, 4) is 0 Å². The zero-order valence-corrected chi connectivity index (χ0v) is 9.80. The first-order chi connectivity index (χ1) is 8.18. The number of amides is 2. The Labute approximate surface area is 100 Å². The number of carboxylic acid groups (broad SMARTS) is 1. The minimum Gasteiger partial charge on any atom is -0.465 e. The molecule has 1 atom stereocenters. The van der Waals surface area contributed by atoms with E-state index in [0.717, 1.165) is 19.4 Å². The van der Waals surface area contributed by atoms with E-state index in [9.17, 15) is 9.59 Å². The van der Waals surface area contributed by atoms with Gasteiger partial charge in [0.2, 0.25) is 5.91 Å². The van der Waals surface area contributed by atoms with Gasteiger partial charge in [-0.1, -0.05) is 0 Å². The first kappa shape index (κ1) is 12.2. The first-order valence-electron chi connectivity index (χ1n) is 6.03. The number of rotatable bonds is 1. The molecule has 0 bridgehead atoms. The van der Waals surface area contributed by atoms with E-state index < -0.39 is 6.09 Å². The van der Waals surface area contributed by atoms with Crippen LogP contribution in [0.25, 0.3) is 0 Å². The number of carbonyl (C=O) groups is 2. The molecular formula is C11H18N2O4. The van der Waals surface area contributed by atoms with Gasteiger partial charge in [-0.05, 0) is 12.8 Å². The lowest BCUT2D eigenvalue weighted by Gasteiger charge is -2.35. The van der Waals surface area contributed by atoms with E-state index >= 15 is 0 Å². The zero-order chi connectivity index (χ0) is 12.3. The largest absolute Gasteiger partial charge is 0.465 e. The van der Waals surface area contributed by atoms with Crippen molar-refractivity contribution < 1.29 is 19.4 Å². The molecule has 0 saturated carbocycles. The Morgan fingerprint density at radius 3 is 2.88 bits per heavy atom. The van der Waals surface area contributed by atoms with Gasteiger partial charge in [0, 0.05) is 26.1 Å². The highest BCUT2D eigenvalue weighted by molar-refractivity contribution is 5.77. The molecule has 0 aliphatic carbocycles. The number of piperidine rings is 1. The standard InChI is InChI=1S/C11H18N2O4/c14-10-3-1-2-4-13(10)9-7-12(11(15)16)5-6-17-8-9/h9H,1-8H2,(H,15,16). The average Bonchev–Trinajstić information content (AvgIpc) is 2.55. The van der Waals surface area contributed by atoms with Crippen LogP contribution in [0.5, 0.6) is 0 Å². The summed E-state index contributed by atoms with van der Waals surface area (Å²) >= 11 is 0. The van der Waals surface area contributed by atoms with Crippen molar-refractivity contribution in [2.24, 2.45) is 0 Å². The lowest BCUT2D eigenvalue weighted by atomic mass is 10.1. The number of ether oxygens (including phenoxy) is 1. The molecule has 2 rings (SSSR count). The Kier molecular flexibility index (Phi) is 3.83. The summed E-state index contributed by atoms with van der Waals surface area (Å²) < 4.78 is 5.39. The van der Waals surface area contributed by atoms with Crippen LogP contribution >= 0.6 is 0 Å². The van der Waals surface area contributed by atoms with Crippen molar-refractivity contribution in [3.05, 3.63) is 0 Å². The molecule has 0 radical (unpaired) electrons. The highest BCUT2D eigenvalue weighted by Crippen LogP contribution is 2.16. The van der Waals surface area contributed by atoms with Crippen LogP contribution in [0.15, 0.2) is 0 Å². The second-order valence-corrected chi connectivity index (χ2v) is 4.50. The van der Waals surface area contributed by atoms with Crippen molar-refractivity contribution in [2.75, 3.05) is 32.8 Å². The Morgan fingerprint density at radius 1 is 1.35 bits per heavy atom. The third-order valence-corrected chi connectivity index (χ3v) is 3.32. The van der Waals surface area contributed by atoms with E-state index in [1.165, 1.54) is 4.90 Å². The summed E-state index contributed by atoms with van der Waals surface area (Å²) in [6, 6.07) is -0.124. The number of likely N-dealkylation sites (tertiary alicyclic amines) is 1. The van der Waals surface area contributed by atoms with Crippen LogP contribution in [0.4, 0.5) is 4.79 Å². The van der Waals surface area contributed by atoms with Crippen molar-refractivity contribution in [1.29, 1.82) is 0 Å². The molecule has 2 saturated heterocycles. The highest BCUT2D eigenvalue weighted by Gasteiger charge is 2.30. The second kappa shape index (κ2) is 5.35. The van der Waals surface area contributed by atoms with Crippen LogP contribution in [-0.2, 0) is 9.53 Å². The summed E-state index contributed by atoms with van der Waals surface area (Å²) in [6.07, 6.45) is 1.56. The maximum absolute atomic E-state index is 11.8. The lowest BCUT2D eigenvalue weighted by molar-refractivity contribution is -0.137. The van der Waals surface area contributed by atoms with E-state index in [0.29, 0.717) is 32.7 Å². The maximum Gasteiger partial charge on any atom is 0.407 e. The summed E-state index contributed by atoms with van der Waals surface area (Å²) in [7, 11) is 0. The summed E-state index contributed by atoms with van der Waals surface area (Å²) in [5.74, 6) is 0.122. The van der Waals surface area contributed by atoms with Gasteiger partial charge in [0.05, 0.1) is 19.3 Å². The minimum absolute atomic E-state index is 0.122. The van der Waals surface area contributed by atoms with Crippen molar-refractivity contribution in [2.45, 2.75) is 25.3 Å². The fourth-order valence-electron chi connectivity index (χ4n) is 2.37. The molecule has 1 N–H and O–H groups in total. The zero-order valence-electron chi connectivity index (χ0n) is 9.80. The van der Waals surface area contributed by atoms with Gasteiger partial charge in [0.25, 0.3) is 0 Å². The van der Waals surface area contributed by atoms with E-state index in [2.05, 4.69) is 0 Å². The molecular weight excluding hydrogens is 224 g/mol. The molecule has 2 amide bonds. The molecule has 6 nitrogen and oxygen atoms in total. The van der Waals surface area contributed by atoms with Gasteiger partial charge >= 0.3 is 6.09 Å². The molecule has 1 unspecified atom stereocenters. The Hall–Kier alpha value is -1.30. The third kappa shape index (κ3) is 2.88. The predicted octanol–water partition coefficient (Wildman–Crippen LogP) is 0.378. The van der Waals surface area contributed by atoms with Crippen molar-refractivity contribution >= 4 is 12.0 Å². The molecule has 6 heteroatoms. The van der Waals surface area contributed by atoms with Gasteiger partial charge in [0.1, 0.15) is 0 Å². The molecule has 0 aromatic rings. The van der Waals surface area contributed by atoms with Gasteiger partial charge in [-0.15, -0.1) is 0 Å². The third-order valence-electron chi connectivity index (χ3n) is 3.32. The fourth-order valence-corrected chi connectivity index (χ4v) is 2.37. The highest BCUT2D eigenvalue weighted by atomic mass is 16.5. The van der Waals surface area contributed by atoms with E-state index in [-0.39, 0.29) is 11.9 Å². The van der Waals surface area contributed by atoms with Crippen molar-refractivity contribution in [3.63, 3.8) is 0 Å². The summed E-state index contributed by atoms with van der Waals surface area (Å²) in [4.78, 5) is 25.9. The predicted molar refractivity (Wildman–Crippen MR) is 59.8 cm³/mol. The second-order valence-electron chi connectivity index (χ2n) is 4.50. The van der Waals surface area contributed by atoms with Gasteiger partial charge in [0.15, 0.2) is 0 Å². The molecule has 0 aromatic carbocycles. The van der Waals surface area contributed by atoms with Crippen LogP contribution in [-0.4, -0.2) is 65.8 Å². The average molecular weight is 242 g/mol.